The fraction of sp³-hybridized carbons (Fsp3) is 0.571. The number of aromatic nitrogens is 1. The van der Waals surface area contributed by atoms with Crippen molar-refractivity contribution in [2.24, 2.45) is 17.8 Å². The van der Waals surface area contributed by atoms with Crippen molar-refractivity contribution in [3.05, 3.63) is 17.8 Å². The van der Waals surface area contributed by atoms with Crippen LogP contribution >= 0.6 is 0 Å². The summed E-state index contributed by atoms with van der Waals surface area (Å²) in [5.41, 5.74) is 6.94. The number of aliphatic hydroxyl groups is 1. The number of nitriles is 1. The lowest BCUT2D eigenvalue weighted by Gasteiger charge is -2.31. The second-order valence-electron chi connectivity index (χ2n) is 5.62. The number of anilines is 2. The molecule has 5 nitrogen and oxygen atoms in total. The van der Waals surface area contributed by atoms with E-state index < -0.39 is 0 Å². The van der Waals surface area contributed by atoms with E-state index in [1.54, 1.807) is 6.07 Å². The Bertz CT molecular complexity index is 525. The van der Waals surface area contributed by atoms with Gasteiger partial charge in [0.1, 0.15) is 11.9 Å². The van der Waals surface area contributed by atoms with Crippen molar-refractivity contribution >= 4 is 11.5 Å². The number of hydrogen-bond donors (Lipinski definition) is 3. The number of rotatable bonds is 3. The van der Waals surface area contributed by atoms with Gasteiger partial charge in [-0.3, -0.25) is 0 Å². The Hall–Kier alpha value is -1.80. The summed E-state index contributed by atoms with van der Waals surface area (Å²) < 4.78 is 0. The fourth-order valence-electron chi connectivity index (χ4n) is 3.76. The molecule has 2 fully saturated rings. The molecule has 19 heavy (non-hydrogen) atoms. The maximum absolute atomic E-state index is 9.58. The van der Waals surface area contributed by atoms with Crippen LogP contribution in [0.3, 0.4) is 0 Å². The van der Waals surface area contributed by atoms with Gasteiger partial charge in [-0.2, -0.15) is 5.26 Å². The van der Waals surface area contributed by atoms with E-state index in [4.69, 9.17) is 11.0 Å². The number of hydrogen-bond acceptors (Lipinski definition) is 5. The zero-order chi connectivity index (χ0) is 13.4. The molecular formula is C14H18N4O. The smallest absolute Gasteiger partial charge is 0.125 e. The van der Waals surface area contributed by atoms with Crippen molar-refractivity contribution in [3.8, 4) is 6.07 Å². The van der Waals surface area contributed by atoms with Crippen molar-refractivity contribution in [1.82, 2.24) is 4.98 Å². The lowest BCUT2D eigenvalue weighted by molar-refractivity contribution is 0.166. The lowest BCUT2D eigenvalue weighted by Crippen LogP contribution is -2.37. The third-order valence-electron chi connectivity index (χ3n) is 4.67. The summed E-state index contributed by atoms with van der Waals surface area (Å²) in [7, 11) is 0. The van der Waals surface area contributed by atoms with Gasteiger partial charge in [-0.15, -0.1) is 0 Å². The number of aliphatic hydroxyl groups excluding tert-OH is 1. The molecule has 0 aromatic carbocycles. The van der Waals surface area contributed by atoms with Crippen molar-refractivity contribution < 1.29 is 5.11 Å². The van der Waals surface area contributed by atoms with Crippen molar-refractivity contribution in [1.29, 1.82) is 5.26 Å². The topological polar surface area (TPSA) is 95.0 Å². The first kappa shape index (κ1) is 12.2. The van der Waals surface area contributed by atoms with Gasteiger partial charge in [0.25, 0.3) is 0 Å². The van der Waals surface area contributed by atoms with E-state index >= 15 is 0 Å². The number of fused-ring (bicyclic) bond motifs is 2. The van der Waals surface area contributed by atoms with Gasteiger partial charge in [0, 0.05) is 30.8 Å². The highest BCUT2D eigenvalue weighted by Crippen LogP contribution is 2.49. The second kappa shape index (κ2) is 4.71. The Balaban J connectivity index is 1.85. The molecule has 0 aliphatic heterocycles. The maximum Gasteiger partial charge on any atom is 0.125 e. The summed E-state index contributed by atoms with van der Waals surface area (Å²) in [5.74, 6) is 1.92. The molecule has 5 heteroatoms. The van der Waals surface area contributed by atoms with Crippen LogP contribution in [0.1, 0.15) is 24.8 Å². The number of nitrogens with one attached hydrogen (secondary N) is 1. The lowest BCUT2D eigenvalue weighted by atomic mass is 9.85. The van der Waals surface area contributed by atoms with E-state index in [0.717, 1.165) is 5.69 Å². The minimum absolute atomic E-state index is 0.210. The first-order valence-corrected chi connectivity index (χ1v) is 6.76. The summed E-state index contributed by atoms with van der Waals surface area (Å²) in [4.78, 5) is 3.94. The maximum atomic E-state index is 9.58. The van der Waals surface area contributed by atoms with Crippen molar-refractivity contribution in [2.45, 2.75) is 25.3 Å². The third-order valence-corrected chi connectivity index (χ3v) is 4.67. The van der Waals surface area contributed by atoms with Crippen LogP contribution in [0.5, 0.6) is 0 Å². The van der Waals surface area contributed by atoms with Crippen LogP contribution in [-0.4, -0.2) is 22.7 Å². The fourth-order valence-corrected chi connectivity index (χ4v) is 3.76. The first-order chi connectivity index (χ1) is 9.22. The number of pyridine rings is 1. The normalized spacial score (nSPS) is 32.2. The second-order valence-corrected chi connectivity index (χ2v) is 5.62. The molecule has 2 bridgehead atoms. The molecule has 0 radical (unpaired) electrons. The molecule has 0 amide bonds. The average molecular weight is 258 g/mol. The minimum atomic E-state index is 0.210. The molecule has 1 aromatic rings. The van der Waals surface area contributed by atoms with Crippen molar-refractivity contribution in [3.63, 3.8) is 0 Å². The summed E-state index contributed by atoms with van der Waals surface area (Å²) in [6.07, 6.45) is 5.11. The third kappa shape index (κ3) is 2.02. The Morgan fingerprint density at radius 3 is 3.00 bits per heavy atom. The van der Waals surface area contributed by atoms with E-state index in [9.17, 15) is 5.11 Å². The minimum Gasteiger partial charge on any atom is -0.396 e. The SMILES string of the molecule is N#Cc1cnc(N)cc1NC1C2CCC(C2)C1CO. The quantitative estimate of drug-likeness (QED) is 0.760. The summed E-state index contributed by atoms with van der Waals surface area (Å²) in [6.45, 7) is 0.210. The van der Waals surface area contributed by atoms with Crippen LogP contribution in [0, 0.1) is 29.1 Å². The van der Waals surface area contributed by atoms with Gasteiger partial charge >= 0.3 is 0 Å². The molecule has 4 atom stereocenters. The first-order valence-electron chi connectivity index (χ1n) is 6.76. The predicted molar refractivity (Wildman–Crippen MR) is 72.2 cm³/mol. The summed E-state index contributed by atoms with van der Waals surface area (Å²) in [6, 6.07) is 4.09. The van der Waals surface area contributed by atoms with Crippen LogP contribution < -0.4 is 11.1 Å². The Morgan fingerprint density at radius 1 is 1.47 bits per heavy atom. The number of nitrogens with zero attached hydrogens (tertiary/aromatic N) is 2. The molecule has 2 aliphatic rings. The molecule has 1 heterocycles. The van der Waals surface area contributed by atoms with Crippen LogP contribution in [0.15, 0.2) is 12.3 Å². The molecule has 0 saturated heterocycles. The van der Waals surface area contributed by atoms with Gasteiger partial charge in [0.15, 0.2) is 0 Å². The van der Waals surface area contributed by atoms with E-state index in [-0.39, 0.29) is 12.6 Å². The van der Waals surface area contributed by atoms with Crippen molar-refractivity contribution in [2.75, 3.05) is 17.7 Å². The van der Waals surface area contributed by atoms with Crippen LogP contribution in [-0.2, 0) is 0 Å². The van der Waals surface area contributed by atoms with Gasteiger partial charge in [0.05, 0.1) is 11.3 Å². The van der Waals surface area contributed by atoms with E-state index in [2.05, 4.69) is 16.4 Å². The molecule has 0 spiro atoms. The van der Waals surface area contributed by atoms with Gasteiger partial charge in [-0.05, 0) is 31.1 Å². The number of nitrogen functional groups attached to an aromatic ring is 1. The van der Waals surface area contributed by atoms with E-state index in [1.807, 2.05) is 0 Å². The van der Waals surface area contributed by atoms with Gasteiger partial charge < -0.3 is 16.2 Å². The van der Waals surface area contributed by atoms with Gasteiger partial charge in [-0.1, -0.05) is 0 Å². The molecule has 2 saturated carbocycles. The zero-order valence-corrected chi connectivity index (χ0v) is 10.7. The molecule has 2 aliphatic carbocycles. The van der Waals surface area contributed by atoms with Gasteiger partial charge in [-0.25, -0.2) is 4.98 Å². The van der Waals surface area contributed by atoms with E-state index in [0.29, 0.717) is 29.1 Å². The number of nitrogens with two attached hydrogens (primary N) is 1. The van der Waals surface area contributed by atoms with Crippen LogP contribution in [0.25, 0.3) is 0 Å². The highest BCUT2D eigenvalue weighted by atomic mass is 16.3. The van der Waals surface area contributed by atoms with E-state index in [1.165, 1.54) is 25.5 Å². The standard InChI is InChI=1S/C14H18N4O/c15-5-10-6-17-13(16)4-12(10)18-14-9-2-1-8(3-9)11(14)7-19/h4,6,8-9,11,14,19H,1-3,7H2,(H3,16,17,18). The Morgan fingerprint density at radius 2 is 2.26 bits per heavy atom. The highest BCUT2D eigenvalue weighted by Gasteiger charge is 2.47. The molecule has 3 rings (SSSR count). The Labute approximate surface area is 112 Å². The monoisotopic (exact) mass is 258 g/mol. The zero-order valence-electron chi connectivity index (χ0n) is 10.7. The summed E-state index contributed by atoms with van der Waals surface area (Å²) >= 11 is 0. The molecule has 4 N–H and O–H groups in total. The van der Waals surface area contributed by atoms with Crippen LogP contribution in [0.2, 0.25) is 0 Å². The molecule has 1 aromatic heterocycles. The Kier molecular flexibility index (Phi) is 3.03. The largest absolute Gasteiger partial charge is 0.396 e. The average Bonchev–Trinajstić information content (AvgIpc) is 3.00. The van der Waals surface area contributed by atoms with Gasteiger partial charge in [0.2, 0.25) is 0 Å². The summed E-state index contributed by atoms with van der Waals surface area (Å²) in [5, 5.41) is 22.1. The van der Waals surface area contributed by atoms with Crippen LogP contribution in [0.4, 0.5) is 11.5 Å². The molecular weight excluding hydrogens is 240 g/mol. The highest BCUT2D eigenvalue weighted by molar-refractivity contribution is 5.61. The predicted octanol–water partition coefficient (Wildman–Crippen LogP) is 1.35. The molecule has 4 unspecified atom stereocenters. The molecule has 100 valence electrons.